The Labute approximate surface area is 143 Å². The highest BCUT2D eigenvalue weighted by molar-refractivity contribution is 5.84. The molecule has 0 saturated heterocycles. The van der Waals surface area contributed by atoms with Crippen LogP contribution in [-0.2, 0) is 12.8 Å². The summed E-state index contributed by atoms with van der Waals surface area (Å²) in [4.78, 5) is 0. The number of nitriles is 1. The van der Waals surface area contributed by atoms with Crippen LogP contribution in [0.1, 0.15) is 29.5 Å². The van der Waals surface area contributed by atoms with Crippen molar-refractivity contribution in [3.8, 4) is 17.6 Å². The molecular weight excluding hydrogens is 298 g/mol. The fraction of sp³-hybridized carbons (Fsp3) is 0.286. The second-order valence-corrected chi connectivity index (χ2v) is 5.83. The average molecular weight is 319 g/mol. The molecule has 0 bridgehead atoms. The molecule has 24 heavy (non-hydrogen) atoms. The van der Waals surface area contributed by atoms with Crippen LogP contribution in [0.2, 0.25) is 0 Å². The number of fused-ring (bicyclic) bond motifs is 1. The van der Waals surface area contributed by atoms with E-state index < -0.39 is 0 Å². The van der Waals surface area contributed by atoms with E-state index in [4.69, 9.17) is 9.47 Å². The van der Waals surface area contributed by atoms with E-state index in [1.807, 2.05) is 24.3 Å². The van der Waals surface area contributed by atoms with Crippen LogP contribution < -0.4 is 9.47 Å². The minimum Gasteiger partial charge on any atom is -0.496 e. The molecule has 3 nitrogen and oxygen atoms in total. The van der Waals surface area contributed by atoms with Gasteiger partial charge >= 0.3 is 0 Å². The van der Waals surface area contributed by atoms with Gasteiger partial charge in [-0.15, -0.1) is 0 Å². The molecule has 0 spiro atoms. The van der Waals surface area contributed by atoms with Gasteiger partial charge in [0.1, 0.15) is 11.5 Å². The van der Waals surface area contributed by atoms with Gasteiger partial charge < -0.3 is 9.47 Å². The van der Waals surface area contributed by atoms with E-state index in [1.54, 1.807) is 7.11 Å². The molecular formula is C21H21NO2. The van der Waals surface area contributed by atoms with E-state index in [1.165, 1.54) is 5.56 Å². The van der Waals surface area contributed by atoms with E-state index >= 15 is 0 Å². The normalized spacial score (nSPS) is 12.8. The van der Waals surface area contributed by atoms with Crippen LogP contribution in [0.25, 0.3) is 5.57 Å². The third kappa shape index (κ3) is 3.44. The summed E-state index contributed by atoms with van der Waals surface area (Å²) in [5.41, 5.74) is 3.99. The first-order valence-electron chi connectivity index (χ1n) is 8.30. The Morgan fingerprint density at radius 1 is 1.08 bits per heavy atom. The molecule has 1 aliphatic rings. The van der Waals surface area contributed by atoms with Gasteiger partial charge in [-0.1, -0.05) is 36.4 Å². The van der Waals surface area contributed by atoms with E-state index in [0.717, 1.165) is 48.3 Å². The molecule has 0 aliphatic heterocycles. The zero-order chi connectivity index (χ0) is 16.8. The molecule has 0 aromatic heterocycles. The summed E-state index contributed by atoms with van der Waals surface area (Å²) in [6.45, 7) is 0.631. The first-order chi connectivity index (χ1) is 11.8. The zero-order valence-corrected chi connectivity index (χ0v) is 13.9. The summed E-state index contributed by atoms with van der Waals surface area (Å²) in [7, 11) is 1.67. The Morgan fingerprint density at radius 3 is 2.62 bits per heavy atom. The SMILES string of the molecule is COc1ccc(OCCCc2ccccc2)c2c1CCC=C2C#N. The number of rotatable bonds is 6. The van der Waals surface area contributed by atoms with Crippen LogP contribution in [-0.4, -0.2) is 13.7 Å². The quantitative estimate of drug-likeness (QED) is 0.733. The number of methoxy groups -OCH3 is 1. The van der Waals surface area contributed by atoms with Crippen LogP contribution in [0.3, 0.4) is 0 Å². The summed E-state index contributed by atoms with van der Waals surface area (Å²) in [6.07, 6.45) is 5.66. The monoisotopic (exact) mass is 319 g/mol. The maximum Gasteiger partial charge on any atom is 0.128 e. The topological polar surface area (TPSA) is 42.2 Å². The molecule has 0 amide bonds. The van der Waals surface area contributed by atoms with Gasteiger partial charge in [-0.2, -0.15) is 5.26 Å². The van der Waals surface area contributed by atoms with E-state index in [9.17, 15) is 5.26 Å². The highest BCUT2D eigenvalue weighted by atomic mass is 16.5. The van der Waals surface area contributed by atoms with Gasteiger partial charge in [0.25, 0.3) is 0 Å². The minimum atomic E-state index is 0.631. The number of benzene rings is 2. The zero-order valence-electron chi connectivity index (χ0n) is 13.9. The molecule has 0 saturated carbocycles. The number of allylic oxidation sites excluding steroid dienone is 2. The van der Waals surface area contributed by atoms with Crippen molar-refractivity contribution in [3.05, 3.63) is 65.2 Å². The van der Waals surface area contributed by atoms with Crippen molar-refractivity contribution in [2.24, 2.45) is 0 Å². The second-order valence-electron chi connectivity index (χ2n) is 5.83. The lowest BCUT2D eigenvalue weighted by atomic mass is 9.90. The van der Waals surface area contributed by atoms with Crippen molar-refractivity contribution in [1.82, 2.24) is 0 Å². The standard InChI is InChI=1S/C21H21NO2/c1-23-19-12-13-20(21-17(15-22)10-5-11-18(19)21)24-14-6-9-16-7-3-2-4-8-16/h2-4,7-8,10,12-13H,5-6,9,11,14H2,1H3. The summed E-state index contributed by atoms with van der Waals surface area (Å²) in [6, 6.07) is 16.5. The second kappa shape index (κ2) is 7.70. The molecule has 3 heteroatoms. The van der Waals surface area contributed by atoms with Crippen molar-refractivity contribution >= 4 is 5.57 Å². The molecule has 0 fully saturated rings. The predicted octanol–water partition coefficient (Wildman–Crippen LogP) is 4.56. The third-order valence-corrected chi connectivity index (χ3v) is 4.29. The lowest BCUT2D eigenvalue weighted by molar-refractivity contribution is 0.308. The largest absolute Gasteiger partial charge is 0.496 e. The highest BCUT2D eigenvalue weighted by Gasteiger charge is 2.21. The van der Waals surface area contributed by atoms with Gasteiger partial charge in [0.05, 0.1) is 25.4 Å². The van der Waals surface area contributed by atoms with Gasteiger partial charge in [-0.05, 0) is 43.4 Å². The Hall–Kier alpha value is -2.73. The Kier molecular flexibility index (Phi) is 5.18. The predicted molar refractivity (Wildman–Crippen MR) is 95.2 cm³/mol. The van der Waals surface area contributed by atoms with Crippen molar-refractivity contribution in [2.45, 2.75) is 25.7 Å². The Bertz CT molecular complexity index is 772. The lowest BCUT2D eigenvalue weighted by Crippen LogP contribution is -2.07. The first-order valence-corrected chi connectivity index (χ1v) is 8.30. The number of aryl methyl sites for hydroxylation is 1. The molecule has 0 N–H and O–H groups in total. The lowest BCUT2D eigenvalue weighted by Gasteiger charge is -2.20. The highest BCUT2D eigenvalue weighted by Crippen LogP contribution is 2.39. The maximum absolute atomic E-state index is 9.43. The van der Waals surface area contributed by atoms with Crippen molar-refractivity contribution in [1.29, 1.82) is 5.26 Å². The summed E-state index contributed by atoms with van der Waals surface area (Å²) in [5.74, 6) is 1.62. The Morgan fingerprint density at radius 2 is 1.88 bits per heavy atom. The number of hydrogen-bond donors (Lipinski definition) is 0. The van der Waals surface area contributed by atoms with Gasteiger partial charge in [-0.3, -0.25) is 0 Å². The summed E-state index contributed by atoms with van der Waals surface area (Å²) >= 11 is 0. The molecule has 0 heterocycles. The van der Waals surface area contributed by atoms with Crippen molar-refractivity contribution < 1.29 is 9.47 Å². The van der Waals surface area contributed by atoms with E-state index in [2.05, 4.69) is 30.3 Å². The smallest absolute Gasteiger partial charge is 0.128 e. The molecule has 0 radical (unpaired) electrons. The minimum absolute atomic E-state index is 0.631. The molecule has 122 valence electrons. The molecule has 1 aliphatic carbocycles. The van der Waals surface area contributed by atoms with Crippen LogP contribution >= 0.6 is 0 Å². The fourth-order valence-electron chi connectivity index (χ4n) is 3.13. The molecule has 3 rings (SSSR count). The van der Waals surface area contributed by atoms with Gasteiger partial charge in [0.2, 0.25) is 0 Å². The fourth-order valence-corrected chi connectivity index (χ4v) is 3.13. The summed E-state index contributed by atoms with van der Waals surface area (Å²) in [5, 5.41) is 9.43. The molecule has 2 aromatic carbocycles. The van der Waals surface area contributed by atoms with Crippen molar-refractivity contribution in [2.75, 3.05) is 13.7 Å². The first kappa shape index (κ1) is 16.1. The third-order valence-electron chi connectivity index (χ3n) is 4.29. The van der Waals surface area contributed by atoms with Crippen LogP contribution in [0, 0.1) is 11.3 Å². The van der Waals surface area contributed by atoms with E-state index in [-0.39, 0.29) is 0 Å². The number of hydrogen-bond acceptors (Lipinski definition) is 3. The summed E-state index contributed by atoms with van der Waals surface area (Å²) < 4.78 is 11.5. The maximum atomic E-state index is 9.43. The van der Waals surface area contributed by atoms with Crippen molar-refractivity contribution in [3.63, 3.8) is 0 Å². The van der Waals surface area contributed by atoms with Crippen LogP contribution in [0.15, 0.2) is 48.5 Å². The number of nitrogens with zero attached hydrogens (tertiary/aromatic N) is 1. The van der Waals surface area contributed by atoms with Gasteiger partial charge in [-0.25, -0.2) is 0 Å². The van der Waals surface area contributed by atoms with Crippen LogP contribution in [0.5, 0.6) is 11.5 Å². The van der Waals surface area contributed by atoms with E-state index in [0.29, 0.717) is 12.2 Å². The molecule has 0 atom stereocenters. The Balaban J connectivity index is 1.72. The van der Waals surface area contributed by atoms with Gasteiger partial charge in [0, 0.05) is 11.1 Å². The van der Waals surface area contributed by atoms with Gasteiger partial charge in [0.15, 0.2) is 0 Å². The number of ether oxygens (including phenoxy) is 2. The van der Waals surface area contributed by atoms with Crippen LogP contribution in [0.4, 0.5) is 0 Å². The average Bonchev–Trinajstić information content (AvgIpc) is 2.65. The molecule has 0 unspecified atom stereocenters. The molecule has 2 aromatic rings.